The van der Waals surface area contributed by atoms with E-state index in [0.717, 1.165) is 12.2 Å². The molecule has 2 heterocycles. The van der Waals surface area contributed by atoms with Gasteiger partial charge in [0.25, 0.3) is 0 Å². The van der Waals surface area contributed by atoms with E-state index in [4.69, 9.17) is 0 Å². The Bertz CT molecular complexity index is 252. The molecular formula is C8H9BrN3. The summed E-state index contributed by atoms with van der Waals surface area (Å²) in [6, 6.07) is 6.14. The van der Waals surface area contributed by atoms with Gasteiger partial charge in [0.15, 0.2) is 0 Å². The summed E-state index contributed by atoms with van der Waals surface area (Å²) in [5, 5.41) is 0. The van der Waals surface area contributed by atoms with Crippen molar-refractivity contribution in [2.75, 3.05) is 6.54 Å². The lowest BCUT2D eigenvalue weighted by molar-refractivity contribution is 0.565. The van der Waals surface area contributed by atoms with Crippen LogP contribution in [0.25, 0.3) is 0 Å². The molecule has 2 atom stereocenters. The van der Waals surface area contributed by atoms with Crippen LogP contribution in [-0.2, 0) is 0 Å². The van der Waals surface area contributed by atoms with Gasteiger partial charge in [0, 0.05) is 12.7 Å². The SMILES string of the molecule is BrC1C[N]NC1c1ccccn1. The van der Waals surface area contributed by atoms with E-state index in [-0.39, 0.29) is 6.04 Å². The Morgan fingerprint density at radius 2 is 2.42 bits per heavy atom. The monoisotopic (exact) mass is 226 g/mol. The van der Waals surface area contributed by atoms with Crippen LogP contribution >= 0.6 is 15.9 Å². The molecule has 0 bridgehead atoms. The minimum absolute atomic E-state index is 0.228. The largest absolute Gasteiger partial charge is 0.260 e. The van der Waals surface area contributed by atoms with Crippen molar-refractivity contribution in [2.45, 2.75) is 10.9 Å². The van der Waals surface area contributed by atoms with E-state index in [1.165, 1.54) is 0 Å². The van der Waals surface area contributed by atoms with Crippen LogP contribution in [0, 0.1) is 0 Å². The van der Waals surface area contributed by atoms with E-state index in [9.17, 15) is 0 Å². The predicted octanol–water partition coefficient (Wildman–Crippen LogP) is 1.01. The number of hydrogen-bond acceptors (Lipinski definition) is 2. The Morgan fingerprint density at radius 3 is 3.00 bits per heavy atom. The summed E-state index contributed by atoms with van der Waals surface area (Å²) in [4.78, 5) is 4.63. The molecule has 63 valence electrons. The highest BCUT2D eigenvalue weighted by atomic mass is 79.9. The lowest BCUT2D eigenvalue weighted by Gasteiger charge is -2.10. The Morgan fingerprint density at radius 1 is 1.50 bits per heavy atom. The molecule has 1 aliphatic heterocycles. The summed E-state index contributed by atoms with van der Waals surface area (Å²) in [6.07, 6.45) is 1.80. The Kier molecular flexibility index (Phi) is 2.39. The zero-order valence-corrected chi connectivity index (χ0v) is 8.03. The average Bonchev–Trinajstić information content (AvgIpc) is 2.53. The predicted molar refractivity (Wildman–Crippen MR) is 49.8 cm³/mol. The normalized spacial score (nSPS) is 29.1. The summed E-state index contributed by atoms with van der Waals surface area (Å²) >= 11 is 3.55. The molecule has 1 fully saturated rings. The highest BCUT2D eigenvalue weighted by molar-refractivity contribution is 9.09. The van der Waals surface area contributed by atoms with Gasteiger partial charge in [-0.15, -0.1) is 0 Å². The molecule has 1 aromatic heterocycles. The smallest absolute Gasteiger partial charge is 0.0789 e. The molecule has 2 unspecified atom stereocenters. The minimum Gasteiger partial charge on any atom is -0.260 e. The number of alkyl halides is 1. The number of halogens is 1. The summed E-state index contributed by atoms with van der Waals surface area (Å²) in [7, 11) is 0. The van der Waals surface area contributed by atoms with Crippen LogP contribution in [-0.4, -0.2) is 16.4 Å². The van der Waals surface area contributed by atoms with Gasteiger partial charge in [-0.05, 0) is 12.1 Å². The molecular weight excluding hydrogens is 218 g/mol. The van der Waals surface area contributed by atoms with E-state index in [2.05, 4.69) is 31.8 Å². The second-order valence-corrected chi connectivity index (χ2v) is 3.89. The second-order valence-electron chi connectivity index (χ2n) is 2.72. The van der Waals surface area contributed by atoms with Crippen LogP contribution in [0.15, 0.2) is 24.4 Å². The first-order valence-corrected chi connectivity index (χ1v) is 4.76. The van der Waals surface area contributed by atoms with Crippen LogP contribution in [0.3, 0.4) is 0 Å². The molecule has 0 aromatic carbocycles. The van der Waals surface area contributed by atoms with Crippen molar-refractivity contribution in [3.05, 3.63) is 30.1 Å². The van der Waals surface area contributed by atoms with E-state index >= 15 is 0 Å². The standard InChI is InChI=1S/C8H9BrN3/c9-6-5-11-12-8(6)7-3-1-2-4-10-7/h1-4,6,8,12H,5H2. The zero-order chi connectivity index (χ0) is 8.39. The van der Waals surface area contributed by atoms with Gasteiger partial charge in [0.2, 0.25) is 0 Å². The van der Waals surface area contributed by atoms with Gasteiger partial charge in [-0.2, -0.15) is 5.43 Å². The molecule has 0 aliphatic carbocycles. The van der Waals surface area contributed by atoms with E-state index in [1.54, 1.807) is 6.20 Å². The zero-order valence-electron chi connectivity index (χ0n) is 6.44. The molecule has 3 nitrogen and oxygen atoms in total. The topological polar surface area (TPSA) is 39.0 Å². The maximum atomic E-state index is 4.26. The number of hydrogen-bond donors (Lipinski definition) is 1. The van der Waals surface area contributed by atoms with E-state index in [1.807, 2.05) is 18.2 Å². The number of aromatic nitrogens is 1. The highest BCUT2D eigenvalue weighted by Gasteiger charge is 2.27. The number of nitrogens with one attached hydrogen (secondary N) is 1. The molecule has 1 radical (unpaired) electrons. The fourth-order valence-corrected chi connectivity index (χ4v) is 1.77. The van der Waals surface area contributed by atoms with Crippen LogP contribution in [0.1, 0.15) is 11.7 Å². The molecule has 0 amide bonds. The summed E-state index contributed by atoms with van der Waals surface area (Å²) < 4.78 is 0. The molecule has 1 N–H and O–H groups in total. The molecule has 4 heteroatoms. The van der Waals surface area contributed by atoms with Crippen LogP contribution in [0.4, 0.5) is 0 Å². The molecule has 0 saturated carbocycles. The fourth-order valence-electron chi connectivity index (χ4n) is 1.24. The number of pyridine rings is 1. The van der Waals surface area contributed by atoms with Crippen molar-refractivity contribution in [1.82, 2.24) is 15.8 Å². The van der Waals surface area contributed by atoms with Crippen molar-refractivity contribution in [3.63, 3.8) is 0 Å². The maximum absolute atomic E-state index is 4.26. The van der Waals surface area contributed by atoms with Crippen LogP contribution in [0.5, 0.6) is 0 Å². The third-order valence-corrected chi connectivity index (χ3v) is 2.68. The van der Waals surface area contributed by atoms with Crippen molar-refractivity contribution in [2.24, 2.45) is 0 Å². The van der Waals surface area contributed by atoms with Gasteiger partial charge in [-0.1, -0.05) is 22.0 Å². The van der Waals surface area contributed by atoms with Gasteiger partial charge < -0.3 is 0 Å². The minimum atomic E-state index is 0.228. The van der Waals surface area contributed by atoms with E-state index in [0.29, 0.717) is 4.83 Å². The number of nitrogens with zero attached hydrogens (tertiary/aromatic N) is 2. The third-order valence-electron chi connectivity index (χ3n) is 1.86. The number of rotatable bonds is 1. The fraction of sp³-hybridized carbons (Fsp3) is 0.375. The lowest BCUT2D eigenvalue weighted by Crippen LogP contribution is -2.21. The van der Waals surface area contributed by atoms with Gasteiger partial charge in [0.1, 0.15) is 0 Å². The summed E-state index contributed by atoms with van der Waals surface area (Å²) in [5.74, 6) is 0. The first-order chi connectivity index (χ1) is 5.88. The van der Waals surface area contributed by atoms with Crippen LogP contribution in [0.2, 0.25) is 0 Å². The summed E-state index contributed by atoms with van der Waals surface area (Å²) in [6.45, 7) is 0.807. The van der Waals surface area contributed by atoms with Gasteiger partial charge in [-0.25, -0.2) is 5.43 Å². The maximum Gasteiger partial charge on any atom is 0.0789 e. The quantitative estimate of drug-likeness (QED) is 0.727. The average molecular weight is 227 g/mol. The highest BCUT2D eigenvalue weighted by Crippen LogP contribution is 2.23. The van der Waals surface area contributed by atoms with Crippen molar-refractivity contribution in [1.29, 1.82) is 0 Å². The molecule has 1 aromatic rings. The van der Waals surface area contributed by atoms with Gasteiger partial charge >= 0.3 is 0 Å². The first kappa shape index (κ1) is 8.16. The molecule has 0 spiro atoms. The van der Waals surface area contributed by atoms with Gasteiger partial charge in [0.05, 0.1) is 16.6 Å². The lowest BCUT2D eigenvalue weighted by atomic mass is 10.1. The van der Waals surface area contributed by atoms with Crippen molar-refractivity contribution >= 4 is 15.9 Å². The second kappa shape index (κ2) is 3.51. The van der Waals surface area contributed by atoms with Crippen molar-refractivity contribution in [3.8, 4) is 0 Å². The molecule has 1 aliphatic rings. The molecule has 1 saturated heterocycles. The van der Waals surface area contributed by atoms with Gasteiger partial charge in [-0.3, -0.25) is 4.98 Å². The first-order valence-electron chi connectivity index (χ1n) is 3.85. The van der Waals surface area contributed by atoms with Crippen molar-refractivity contribution < 1.29 is 0 Å². The summed E-state index contributed by atoms with van der Waals surface area (Å²) in [5.41, 5.74) is 8.17. The Hall–Kier alpha value is -0.450. The molecule has 2 rings (SSSR count). The van der Waals surface area contributed by atoms with Crippen LogP contribution < -0.4 is 10.9 Å². The van der Waals surface area contributed by atoms with E-state index < -0.39 is 0 Å². The molecule has 12 heavy (non-hydrogen) atoms. The third kappa shape index (κ3) is 1.50. The Balaban J connectivity index is 2.19. The Labute approximate surface area is 79.7 Å².